The molecule has 0 amide bonds. The minimum absolute atomic E-state index is 0.00866. The van der Waals surface area contributed by atoms with Crippen LogP contribution in [0.5, 0.6) is 23.0 Å². The molecule has 1 fully saturated rings. The fourth-order valence-corrected chi connectivity index (χ4v) is 5.33. The van der Waals surface area contributed by atoms with Crippen molar-refractivity contribution in [3.05, 3.63) is 95.0 Å². The van der Waals surface area contributed by atoms with Crippen LogP contribution in [0.1, 0.15) is 56.6 Å². The maximum atomic E-state index is 14.9. The van der Waals surface area contributed by atoms with E-state index in [-0.39, 0.29) is 49.4 Å². The molecule has 0 radical (unpaired) electrons. The molecule has 4 rings (SSSR count). The Morgan fingerprint density at radius 2 is 1.18 bits per heavy atom. The molecule has 1 aliphatic carbocycles. The van der Waals surface area contributed by atoms with Crippen LogP contribution < -0.4 is 18.9 Å². The highest BCUT2D eigenvalue weighted by Gasteiger charge is 2.45. The predicted molar refractivity (Wildman–Crippen MR) is 145 cm³/mol. The monoisotopic (exact) mass is 720 g/mol. The zero-order valence-electron chi connectivity index (χ0n) is 25.1. The van der Waals surface area contributed by atoms with Crippen LogP contribution in [0.15, 0.2) is 54.8 Å². The number of benzene rings is 3. The molecule has 268 valence electrons. The van der Waals surface area contributed by atoms with Gasteiger partial charge in [-0.1, -0.05) is 19.8 Å². The quantitative estimate of drug-likeness (QED) is 0.130. The average Bonchev–Trinajstić information content (AvgIpc) is 2.95. The molecule has 4 nitrogen and oxygen atoms in total. The molecule has 1 saturated carbocycles. The third-order valence-electron chi connectivity index (χ3n) is 7.56. The Kier molecular flexibility index (Phi) is 11.2. The van der Waals surface area contributed by atoms with Gasteiger partial charge >= 0.3 is 24.4 Å². The summed E-state index contributed by atoms with van der Waals surface area (Å²) in [5, 5.41) is 0. The van der Waals surface area contributed by atoms with Gasteiger partial charge in [-0.2, -0.15) is 35.1 Å². The first-order valence-corrected chi connectivity index (χ1v) is 14.5. The van der Waals surface area contributed by atoms with E-state index < -0.39 is 93.5 Å². The molecule has 49 heavy (non-hydrogen) atoms. The van der Waals surface area contributed by atoms with E-state index >= 15 is 0 Å². The van der Waals surface area contributed by atoms with Crippen molar-refractivity contribution in [2.45, 2.75) is 63.8 Å². The number of rotatable bonds is 13. The number of hydrogen-bond donors (Lipinski definition) is 0. The van der Waals surface area contributed by atoms with Crippen molar-refractivity contribution in [3.8, 4) is 23.0 Å². The van der Waals surface area contributed by atoms with Gasteiger partial charge < -0.3 is 18.9 Å². The third-order valence-corrected chi connectivity index (χ3v) is 7.56. The van der Waals surface area contributed by atoms with Crippen LogP contribution in [0.25, 0.3) is 0 Å². The Labute approximate surface area is 270 Å². The fraction of sp³-hybridized carbons (Fsp3) is 0.375. The molecule has 0 bridgehead atoms. The van der Waals surface area contributed by atoms with Crippen molar-refractivity contribution in [1.82, 2.24) is 0 Å². The Balaban J connectivity index is 1.48. The summed E-state index contributed by atoms with van der Waals surface area (Å²) in [6, 6.07) is 0.834. The molecule has 0 aliphatic heterocycles. The first-order valence-electron chi connectivity index (χ1n) is 14.5. The Morgan fingerprint density at radius 3 is 1.69 bits per heavy atom. The summed E-state index contributed by atoms with van der Waals surface area (Å²) in [7, 11) is 0. The summed E-state index contributed by atoms with van der Waals surface area (Å²) >= 11 is 0. The normalized spacial score (nSPS) is 17.0. The molecule has 0 spiro atoms. The number of alkyl halides is 6. The van der Waals surface area contributed by atoms with E-state index in [1.807, 2.05) is 6.92 Å². The van der Waals surface area contributed by atoms with Crippen LogP contribution in [-0.2, 0) is 12.2 Å². The summed E-state index contributed by atoms with van der Waals surface area (Å²) in [4.78, 5) is 0. The van der Waals surface area contributed by atoms with E-state index in [2.05, 4.69) is 18.9 Å². The topological polar surface area (TPSA) is 36.9 Å². The maximum Gasteiger partial charge on any atom is 0.432 e. The van der Waals surface area contributed by atoms with Gasteiger partial charge in [0.05, 0.1) is 5.92 Å². The van der Waals surface area contributed by atoms with Gasteiger partial charge in [0.25, 0.3) is 0 Å². The molecule has 0 saturated heterocycles. The van der Waals surface area contributed by atoms with Crippen molar-refractivity contribution in [1.29, 1.82) is 0 Å². The summed E-state index contributed by atoms with van der Waals surface area (Å²) < 4.78 is 202. The van der Waals surface area contributed by atoms with Gasteiger partial charge in [-0.3, -0.25) is 0 Å². The molecule has 0 heterocycles. The Hall–Kier alpha value is -4.31. The van der Waals surface area contributed by atoms with Crippen LogP contribution in [0.3, 0.4) is 0 Å². The van der Waals surface area contributed by atoms with Crippen molar-refractivity contribution in [2.75, 3.05) is 0 Å². The van der Waals surface area contributed by atoms with Crippen molar-refractivity contribution in [3.63, 3.8) is 0 Å². The molecule has 1 aliphatic rings. The van der Waals surface area contributed by atoms with Crippen LogP contribution in [0.2, 0.25) is 0 Å². The lowest BCUT2D eigenvalue weighted by Crippen LogP contribution is -2.37. The minimum atomic E-state index is -5.07. The number of halogens is 13. The van der Waals surface area contributed by atoms with E-state index in [1.165, 1.54) is 0 Å². The number of ether oxygens (including phenoxy) is 4. The molecule has 0 atom stereocenters. The summed E-state index contributed by atoms with van der Waals surface area (Å²) in [6.07, 6.45) is -13.3. The van der Waals surface area contributed by atoms with Gasteiger partial charge in [0.1, 0.15) is 45.8 Å². The van der Waals surface area contributed by atoms with Crippen molar-refractivity contribution in [2.24, 2.45) is 11.8 Å². The lowest BCUT2D eigenvalue weighted by Gasteiger charge is -2.33. The van der Waals surface area contributed by atoms with Crippen LogP contribution >= 0.6 is 0 Å². The molecule has 17 heteroatoms. The van der Waals surface area contributed by atoms with Crippen molar-refractivity contribution < 1.29 is 76.0 Å². The molecular weight excluding hydrogens is 695 g/mol. The second-order valence-electron chi connectivity index (χ2n) is 11.1. The predicted octanol–water partition coefficient (Wildman–Crippen LogP) is 11.3. The van der Waals surface area contributed by atoms with Gasteiger partial charge in [0.2, 0.25) is 0 Å². The van der Waals surface area contributed by atoms with Crippen LogP contribution in [0, 0.1) is 40.9 Å². The Morgan fingerprint density at radius 1 is 0.673 bits per heavy atom. The molecule has 0 N–H and O–H groups in total. The smallest absolute Gasteiger partial charge is 0.432 e. The minimum Gasteiger partial charge on any atom is -0.453 e. The zero-order chi connectivity index (χ0) is 36.3. The van der Waals surface area contributed by atoms with Gasteiger partial charge in [-0.25, -0.2) is 22.0 Å². The van der Waals surface area contributed by atoms with E-state index in [0.29, 0.717) is 30.9 Å². The summed E-state index contributed by atoms with van der Waals surface area (Å²) in [5.74, 6) is -16.0. The highest BCUT2D eigenvalue weighted by molar-refractivity contribution is 5.38. The van der Waals surface area contributed by atoms with Gasteiger partial charge in [0, 0.05) is 30.3 Å². The van der Waals surface area contributed by atoms with E-state index in [1.54, 1.807) is 0 Å². The first-order chi connectivity index (χ1) is 22.8. The zero-order valence-corrected chi connectivity index (χ0v) is 25.1. The molecule has 3 aromatic carbocycles. The molecule has 0 aromatic heterocycles. The SMILES string of the molecule is CCCC1CCC(C(F)(F)Oc2ccc(C(F)(F)Oc3cc(F)c(C(F)(F)Oc4cc(F)c(OC=C(F)F)c(F)c4)c(F)c3)c(F)c2)CC1. The second-order valence-corrected chi connectivity index (χ2v) is 11.1. The lowest BCUT2D eigenvalue weighted by atomic mass is 9.79. The van der Waals surface area contributed by atoms with E-state index in [4.69, 9.17) is 0 Å². The maximum absolute atomic E-state index is 14.9. The van der Waals surface area contributed by atoms with Crippen LogP contribution in [0.4, 0.5) is 57.1 Å². The van der Waals surface area contributed by atoms with Gasteiger partial charge in [0.15, 0.2) is 23.6 Å². The second kappa shape index (κ2) is 14.7. The molecular formula is C32H25F13O4. The first kappa shape index (κ1) is 37.5. The third kappa shape index (κ3) is 9.03. The Bertz CT molecular complexity index is 1620. The van der Waals surface area contributed by atoms with Gasteiger partial charge in [-0.05, 0) is 43.7 Å². The van der Waals surface area contributed by atoms with Crippen molar-refractivity contribution >= 4 is 0 Å². The lowest BCUT2D eigenvalue weighted by molar-refractivity contribution is -0.223. The highest BCUT2D eigenvalue weighted by atomic mass is 19.3. The largest absolute Gasteiger partial charge is 0.453 e. The van der Waals surface area contributed by atoms with Crippen LogP contribution in [-0.4, -0.2) is 6.11 Å². The van der Waals surface area contributed by atoms with E-state index in [9.17, 15) is 57.1 Å². The summed E-state index contributed by atoms with van der Waals surface area (Å²) in [6.45, 7) is 1.97. The molecule has 0 unspecified atom stereocenters. The average molecular weight is 721 g/mol. The van der Waals surface area contributed by atoms with Gasteiger partial charge in [-0.15, -0.1) is 0 Å². The summed E-state index contributed by atoms with van der Waals surface area (Å²) in [5.41, 5.74) is -3.83. The fourth-order valence-electron chi connectivity index (χ4n) is 5.33. The highest BCUT2D eigenvalue weighted by Crippen LogP contribution is 2.43. The standard InChI is InChI=1S/C32H25F13O4/c1-2-3-16-4-6-17(7-5-16)30(40,41)47-18-8-9-21(22(33)10-18)31(42,43)48-19-11-23(34)28(24(35)12-19)32(44,45)49-20-13-25(36)29(26(37)14-20)46-15-27(38)39/h8-17H,2-7H2,1H3. The number of hydrogen-bond acceptors (Lipinski definition) is 4. The van der Waals surface area contributed by atoms with E-state index in [0.717, 1.165) is 12.8 Å². The molecule has 3 aromatic rings.